The fourth-order valence-corrected chi connectivity index (χ4v) is 2.76. The zero-order chi connectivity index (χ0) is 15.0. The van der Waals surface area contributed by atoms with Gasteiger partial charge in [0.1, 0.15) is 0 Å². The number of ether oxygens (including phenoxy) is 1. The predicted octanol–water partition coefficient (Wildman–Crippen LogP) is 2.20. The molecule has 3 unspecified atom stereocenters. The molecular weight excluding hydrogens is 258 g/mol. The van der Waals surface area contributed by atoms with Crippen LogP contribution in [0.1, 0.15) is 52.4 Å². The van der Waals surface area contributed by atoms with Gasteiger partial charge in [0.2, 0.25) is 5.91 Å². The summed E-state index contributed by atoms with van der Waals surface area (Å²) in [5.74, 6) is -0.309. The van der Waals surface area contributed by atoms with Gasteiger partial charge in [-0.15, -0.1) is 0 Å². The van der Waals surface area contributed by atoms with Gasteiger partial charge in [-0.3, -0.25) is 9.59 Å². The molecule has 1 fully saturated rings. The zero-order valence-electron chi connectivity index (χ0n) is 12.6. The molecule has 3 atom stereocenters. The first kappa shape index (κ1) is 17.0. The number of carbonyl (C=O) groups excluding carboxylic acids is 1. The van der Waals surface area contributed by atoms with E-state index in [0.717, 1.165) is 25.7 Å². The molecule has 0 bridgehead atoms. The van der Waals surface area contributed by atoms with Crippen molar-refractivity contribution < 1.29 is 19.4 Å². The molecule has 2 N–H and O–H groups in total. The van der Waals surface area contributed by atoms with Crippen molar-refractivity contribution in [1.29, 1.82) is 0 Å². The minimum atomic E-state index is -0.749. The Morgan fingerprint density at radius 1 is 1.35 bits per heavy atom. The van der Waals surface area contributed by atoms with Gasteiger partial charge in [0.25, 0.3) is 0 Å². The van der Waals surface area contributed by atoms with Crippen LogP contribution in [0.4, 0.5) is 0 Å². The lowest BCUT2D eigenvalue weighted by Gasteiger charge is -2.18. The van der Waals surface area contributed by atoms with E-state index in [4.69, 9.17) is 9.84 Å². The maximum Gasteiger partial charge on any atom is 0.303 e. The number of nitrogens with one attached hydrogen (secondary N) is 1. The van der Waals surface area contributed by atoms with E-state index in [2.05, 4.69) is 12.2 Å². The maximum atomic E-state index is 12.1. The highest BCUT2D eigenvalue weighted by molar-refractivity contribution is 5.79. The van der Waals surface area contributed by atoms with Crippen molar-refractivity contribution in [2.24, 2.45) is 11.8 Å². The second kappa shape index (κ2) is 8.95. The minimum absolute atomic E-state index is 0.0147. The van der Waals surface area contributed by atoms with Gasteiger partial charge < -0.3 is 15.2 Å². The highest BCUT2D eigenvalue weighted by Crippen LogP contribution is 2.23. The van der Waals surface area contributed by atoms with Crippen molar-refractivity contribution in [3.05, 3.63) is 0 Å². The fourth-order valence-electron chi connectivity index (χ4n) is 2.76. The number of amides is 1. The molecule has 1 heterocycles. The smallest absolute Gasteiger partial charge is 0.303 e. The molecule has 5 heteroatoms. The summed E-state index contributed by atoms with van der Waals surface area (Å²) in [6.07, 6.45) is 4.43. The Hall–Kier alpha value is -1.10. The van der Waals surface area contributed by atoms with Crippen molar-refractivity contribution in [3.8, 4) is 0 Å². The molecule has 1 amide bonds. The number of rotatable bonds is 9. The molecule has 5 nitrogen and oxygen atoms in total. The quantitative estimate of drug-likeness (QED) is 0.681. The number of aliphatic carboxylic acids is 1. The Morgan fingerprint density at radius 3 is 2.70 bits per heavy atom. The summed E-state index contributed by atoms with van der Waals surface area (Å²) >= 11 is 0. The molecule has 0 aromatic heterocycles. The van der Waals surface area contributed by atoms with Gasteiger partial charge in [-0.05, 0) is 31.6 Å². The van der Waals surface area contributed by atoms with Gasteiger partial charge in [0.05, 0.1) is 12.0 Å². The molecule has 0 spiro atoms. The van der Waals surface area contributed by atoms with Gasteiger partial charge >= 0.3 is 5.97 Å². The van der Waals surface area contributed by atoms with E-state index in [9.17, 15) is 9.59 Å². The number of hydrogen-bond donors (Lipinski definition) is 2. The lowest BCUT2D eigenvalue weighted by molar-refractivity contribution is -0.137. The summed E-state index contributed by atoms with van der Waals surface area (Å²) < 4.78 is 5.52. The third kappa shape index (κ3) is 5.49. The van der Waals surface area contributed by atoms with Crippen LogP contribution in [-0.4, -0.2) is 36.2 Å². The van der Waals surface area contributed by atoms with Gasteiger partial charge in [-0.2, -0.15) is 0 Å². The number of carboxylic acids is 1. The number of carboxylic acid groups (broad SMARTS) is 1. The van der Waals surface area contributed by atoms with Crippen molar-refractivity contribution in [2.45, 2.75) is 58.5 Å². The molecule has 0 aromatic rings. The van der Waals surface area contributed by atoms with Gasteiger partial charge in [0.15, 0.2) is 0 Å². The Bertz CT molecular complexity index is 319. The van der Waals surface area contributed by atoms with Crippen molar-refractivity contribution >= 4 is 11.9 Å². The van der Waals surface area contributed by atoms with E-state index in [1.165, 1.54) is 0 Å². The first-order valence-electron chi connectivity index (χ1n) is 7.69. The van der Waals surface area contributed by atoms with Crippen LogP contribution in [0.15, 0.2) is 0 Å². The summed E-state index contributed by atoms with van der Waals surface area (Å²) in [4.78, 5) is 22.6. The summed E-state index contributed by atoms with van der Waals surface area (Å²) in [5, 5.41) is 11.7. The monoisotopic (exact) mass is 285 g/mol. The van der Waals surface area contributed by atoms with E-state index in [1.807, 2.05) is 6.92 Å². The van der Waals surface area contributed by atoms with Crippen LogP contribution in [0.25, 0.3) is 0 Å². The summed E-state index contributed by atoms with van der Waals surface area (Å²) in [5.41, 5.74) is 0. The van der Waals surface area contributed by atoms with E-state index in [-0.39, 0.29) is 24.3 Å². The average Bonchev–Trinajstić information content (AvgIpc) is 2.90. The van der Waals surface area contributed by atoms with Crippen molar-refractivity contribution in [3.63, 3.8) is 0 Å². The molecule has 0 radical (unpaired) electrons. The zero-order valence-corrected chi connectivity index (χ0v) is 12.6. The lowest BCUT2D eigenvalue weighted by Crippen LogP contribution is -2.36. The average molecular weight is 285 g/mol. The van der Waals surface area contributed by atoms with E-state index >= 15 is 0 Å². The number of hydrogen-bond acceptors (Lipinski definition) is 3. The SMILES string of the molecule is CCC(CCNC(=O)C1CCOC1CC)CCC(=O)O. The van der Waals surface area contributed by atoms with Crippen molar-refractivity contribution in [1.82, 2.24) is 5.32 Å². The molecule has 1 aliphatic heterocycles. The third-order valence-corrected chi connectivity index (χ3v) is 4.14. The molecule has 116 valence electrons. The van der Waals surface area contributed by atoms with Gasteiger partial charge in [0, 0.05) is 19.6 Å². The maximum absolute atomic E-state index is 12.1. The van der Waals surface area contributed by atoms with Crippen LogP contribution in [0, 0.1) is 11.8 Å². The molecule has 1 rings (SSSR count). The van der Waals surface area contributed by atoms with Gasteiger partial charge in [-0.25, -0.2) is 0 Å². The molecule has 0 saturated carbocycles. The minimum Gasteiger partial charge on any atom is -0.481 e. The normalized spacial score (nSPS) is 23.5. The predicted molar refractivity (Wildman–Crippen MR) is 76.4 cm³/mol. The summed E-state index contributed by atoms with van der Waals surface area (Å²) in [6, 6.07) is 0. The lowest BCUT2D eigenvalue weighted by atomic mass is 9.96. The highest BCUT2D eigenvalue weighted by atomic mass is 16.5. The molecule has 0 aliphatic carbocycles. The number of carbonyl (C=O) groups is 2. The molecule has 20 heavy (non-hydrogen) atoms. The van der Waals surface area contributed by atoms with E-state index < -0.39 is 5.97 Å². The second-order valence-electron chi connectivity index (χ2n) is 5.50. The standard InChI is InChI=1S/C15H27NO4/c1-3-11(5-6-14(17)18)7-9-16-15(19)12-8-10-20-13(12)4-2/h11-13H,3-10H2,1-2H3,(H,16,19)(H,17,18). The van der Waals surface area contributed by atoms with Crippen LogP contribution in [0.3, 0.4) is 0 Å². The Morgan fingerprint density at radius 2 is 2.10 bits per heavy atom. The molecule has 1 aliphatic rings. The molecular formula is C15H27NO4. The van der Waals surface area contributed by atoms with Crippen LogP contribution in [-0.2, 0) is 14.3 Å². The first-order valence-corrected chi connectivity index (χ1v) is 7.69. The largest absolute Gasteiger partial charge is 0.481 e. The Labute approximate surface area is 121 Å². The summed E-state index contributed by atoms with van der Waals surface area (Å²) in [6.45, 7) is 5.40. The Kier molecular flexibility index (Phi) is 7.59. The molecule has 1 saturated heterocycles. The van der Waals surface area contributed by atoms with E-state index in [1.54, 1.807) is 0 Å². The topological polar surface area (TPSA) is 75.6 Å². The summed E-state index contributed by atoms with van der Waals surface area (Å²) in [7, 11) is 0. The van der Waals surface area contributed by atoms with Crippen LogP contribution >= 0.6 is 0 Å². The fraction of sp³-hybridized carbons (Fsp3) is 0.867. The van der Waals surface area contributed by atoms with E-state index in [0.29, 0.717) is 25.5 Å². The van der Waals surface area contributed by atoms with Crippen molar-refractivity contribution in [2.75, 3.05) is 13.2 Å². The van der Waals surface area contributed by atoms with Crippen LogP contribution in [0.5, 0.6) is 0 Å². The molecule has 0 aromatic carbocycles. The van der Waals surface area contributed by atoms with Gasteiger partial charge in [-0.1, -0.05) is 20.3 Å². The third-order valence-electron chi connectivity index (χ3n) is 4.14. The second-order valence-corrected chi connectivity index (χ2v) is 5.50. The Balaban J connectivity index is 2.24. The highest BCUT2D eigenvalue weighted by Gasteiger charge is 2.32. The first-order chi connectivity index (χ1) is 9.58. The van der Waals surface area contributed by atoms with Crippen LogP contribution in [0.2, 0.25) is 0 Å². The van der Waals surface area contributed by atoms with Crippen LogP contribution < -0.4 is 5.32 Å².